The Hall–Kier alpha value is -2.52. The van der Waals surface area contributed by atoms with Gasteiger partial charge in [-0.1, -0.05) is 13.8 Å². The van der Waals surface area contributed by atoms with Crippen molar-refractivity contribution in [2.45, 2.75) is 40.2 Å². The quantitative estimate of drug-likeness (QED) is 0.592. The molecular weight excluding hydrogens is 398 g/mol. The van der Waals surface area contributed by atoms with Crippen LogP contribution in [0.2, 0.25) is 0 Å². The number of thiophene rings is 2. The highest BCUT2D eigenvalue weighted by atomic mass is 32.1. The highest BCUT2D eigenvalue weighted by Gasteiger charge is 2.19. The third-order valence-electron chi connectivity index (χ3n) is 4.11. The SMILES string of the molecule is CCOC(=O)c1cc(CC)sc1NC(=O)Cn1cnc2sc(CC)cc2c1=O. The second-order valence-corrected chi connectivity index (χ2v) is 8.29. The van der Waals surface area contributed by atoms with Crippen molar-refractivity contribution in [3.05, 3.63) is 44.1 Å². The Morgan fingerprint density at radius 2 is 1.86 bits per heavy atom. The van der Waals surface area contributed by atoms with Gasteiger partial charge in [0.25, 0.3) is 5.56 Å². The summed E-state index contributed by atoms with van der Waals surface area (Å²) in [4.78, 5) is 44.3. The number of nitrogens with zero attached hydrogens (tertiary/aromatic N) is 2. The second kappa shape index (κ2) is 8.66. The van der Waals surface area contributed by atoms with Gasteiger partial charge in [-0.05, 0) is 31.9 Å². The van der Waals surface area contributed by atoms with Crippen molar-refractivity contribution in [2.24, 2.45) is 0 Å². The third kappa shape index (κ3) is 4.15. The summed E-state index contributed by atoms with van der Waals surface area (Å²) in [5.41, 5.74) is 0.0885. The minimum Gasteiger partial charge on any atom is -0.462 e. The van der Waals surface area contributed by atoms with E-state index < -0.39 is 11.9 Å². The molecule has 3 aromatic heterocycles. The Morgan fingerprint density at radius 1 is 1.14 bits per heavy atom. The molecule has 0 radical (unpaired) electrons. The van der Waals surface area contributed by atoms with Crippen LogP contribution in [0.1, 0.15) is 40.9 Å². The van der Waals surface area contributed by atoms with Crippen LogP contribution in [0.25, 0.3) is 10.2 Å². The molecule has 0 atom stereocenters. The number of esters is 1. The van der Waals surface area contributed by atoms with Gasteiger partial charge in [0.15, 0.2) is 0 Å². The van der Waals surface area contributed by atoms with Crippen molar-refractivity contribution < 1.29 is 14.3 Å². The predicted octanol–water partition coefficient (Wildman–Crippen LogP) is 3.46. The van der Waals surface area contributed by atoms with E-state index >= 15 is 0 Å². The first-order valence-corrected chi connectivity index (χ1v) is 10.7. The fourth-order valence-corrected chi connectivity index (χ4v) is 4.61. The summed E-state index contributed by atoms with van der Waals surface area (Å²) in [7, 11) is 0. The van der Waals surface area contributed by atoms with Crippen LogP contribution in [-0.4, -0.2) is 28.0 Å². The summed E-state index contributed by atoms with van der Waals surface area (Å²) in [6.45, 7) is 5.79. The fourth-order valence-electron chi connectivity index (χ4n) is 2.69. The van der Waals surface area contributed by atoms with Gasteiger partial charge in [0.1, 0.15) is 16.4 Å². The van der Waals surface area contributed by atoms with Crippen LogP contribution in [0.5, 0.6) is 0 Å². The Morgan fingerprint density at radius 3 is 2.54 bits per heavy atom. The average molecular weight is 420 g/mol. The first kappa shape index (κ1) is 20.2. The molecule has 0 saturated carbocycles. The van der Waals surface area contributed by atoms with E-state index in [-0.39, 0.29) is 18.7 Å². The molecule has 0 spiro atoms. The molecule has 148 valence electrons. The molecule has 1 N–H and O–H groups in total. The van der Waals surface area contributed by atoms with E-state index in [1.54, 1.807) is 13.0 Å². The summed E-state index contributed by atoms with van der Waals surface area (Å²) in [5.74, 6) is -0.872. The lowest BCUT2D eigenvalue weighted by molar-refractivity contribution is -0.116. The molecule has 7 nitrogen and oxygen atoms in total. The molecule has 0 saturated heterocycles. The zero-order valence-electron chi connectivity index (χ0n) is 15.9. The third-order valence-corrected chi connectivity index (χ3v) is 6.49. The normalized spacial score (nSPS) is 11.0. The highest BCUT2D eigenvalue weighted by molar-refractivity contribution is 7.18. The van der Waals surface area contributed by atoms with Crippen molar-refractivity contribution in [3.8, 4) is 0 Å². The van der Waals surface area contributed by atoms with E-state index in [1.807, 2.05) is 19.9 Å². The Labute approximate surface area is 170 Å². The highest BCUT2D eigenvalue weighted by Crippen LogP contribution is 2.29. The van der Waals surface area contributed by atoms with Crippen LogP contribution in [0.4, 0.5) is 5.00 Å². The molecule has 0 aliphatic carbocycles. The van der Waals surface area contributed by atoms with E-state index in [4.69, 9.17) is 4.74 Å². The Bertz CT molecular complexity index is 1080. The van der Waals surface area contributed by atoms with Crippen LogP contribution < -0.4 is 10.9 Å². The number of carbonyl (C=O) groups excluding carboxylic acids is 2. The molecule has 0 aliphatic rings. The largest absolute Gasteiger partial charge is 0.462 e. The Balaban J connectivity index is 1.82. The minimum atomic E-state index is -0.473. The molecule has 3 aromatic rings. The van der Waals surface area contributed by atoms with E-state index in [0.717, 1.165) is 22.6 Å². The number of hydrogen-bond acceptors (Lipinski definition) is 7. The van der Waals surface area contributed by atoms with Crippen molar-refractivity contribution in [1.82, 2.24) is 9.55 Å². The van der Waals surface area contributed by atoms with E-state index in [1.165, 1.54) is 33.6 Å². The number of rotatable bonds is 7. The van der Waals surface area contributed by atoms with Crippen molar-refractivity contribution >= 4 is 49.8 Å². The van der Waals surface area contributed by atoms with E-state index in [9.17, 15) is 14.4 Å². The summed E-state index contributed by atoms with van der Waals surface area (Å²) in [6.07, 6.45) is 2.96. The van der Waals surface area contributed by atoms with Gasteiger partial charge in [-0.15, -0.1) is 22.7 Å². The first-order chi connectivity index (χ1) is 13.5. The minimum absolute atomic E-state index is 0.180. The standard InChI is InChI=1S/C19H21N3O4S2/c1-4-11-7-13-16(27-11)20-10-22(18(13)24)9-15(23)21-17-14(19(25)26-6-3)8-12(5-2)28-17/h7-8,10H,4-6,9H2,1-3H3,(H,21,23). The first-order valence-electron chi connectivity index (χ1n) is 9.04. The molecule has 28 heavy (non-hydrogen) atoms. The topological polar surface area (TPSA) is 90.3 Å². The second-order valence-electron chi connectivity index (χ2n) is 6.04. The van der Waals surface area contributed by atoms with E-state index in [0.29, 0.717) is 20.8 Å². The van der Waals surface area contributed by atoms with Gasteiger partial charge >= 0.3 is 5.97 Å². The lowest BCUT2D eigenvalue weighted by Gasteiger charge is -2.07. The van der Waals surface area contributed by atoms with Gasteiger partial charge in [0.05, 0.1) is 23.9 Å². The monoisotopic (exact) mass is 419 g/mol. The van der Waals surface area contributed by atoms with Crippen LogP contribution in [-0.2, 0) is 28.9 Å². The summed E-state index contributed by atoms with van der Waals surface area (Å²) >= 11 is 2.81. The lowest BCUT2D eigenvalue weighted by atomic mass is 10.2. The molecule has 9 heteroatoms. The number of anilines is 1. The van der Waals surface area contributed by atoms with Crippen molar-refractivity contribution in [1.29, 1.82) is 0 Å². The van der Waals surface area contributed by atoms with Gasteiger partial charge < -0.3 is 10.1 Å². The smallest absolute Gasteiger partial charge is 0.341 e. The summed E-state index contributed by atoms with van der Waals surface area (Å²) < 4.78 is 6.34. The number of carbonyl (C=O) groups is 2. The Kier molecular flexibility index (Phi) is 6.25. The number of fused-ring (bicyclic) bond motifs is 1. The molecule has 0 aliphatic heterocycles. The molecule has 0 unspecified atom stereocenters. The number of aryl methyl sites for hydroxylation is 2. The molecule has 0 aromatic carbocycles. The summed E-state index contributed by atoms with van der Waals surface area (Å²) in [6, 6.07) is 3.56. The number of amides is 1. The molecule has 0 fully saturated rings. The maximum absolute atomic E-state index is 12.6. The number of nitrogens with one attached hydrogen (secondary N) is 1. The van der Waals surface area contributed by atoms with Crippen molar-refractivity contribution in [3.63, 3.8) is 0 Å². The number of ether oxygens (including phenoxy) is 1. The van der Waals surface area contributed by atoms with Gasteiger partial charge in [-0.2, -0.15) is 0 Å². The molecule has 1 amide bonds. The van der Waals surface area contributed by atoms with Crippen LogP contribution in [0, 0.1) is 0 Å². The zero-order valence-corrected chi connectivity index (χ0v) is 17.5. The average Bonchev–Trinajstić information content (AvgIpc) is 3.28. The van der Waals surface area contributed by atoms with Gasteiger partial charge in [0, 0.05) is 9.75 Å². The molecule has 0 bridgehead atoms. The molecule has 3 heterocycles. The molecule has 3 rings (SSSR count). The van der Waals surface area contributed by atoms with Crippen LogP contribution in [0.3, 0.4) is 0 Å². The molecular formula is C19H21N3O4S2. The fraction of sp³-hybridized carbons (Fsp3) is 0.368. The maximum Gasteiger partial charge on any atom is 0.341 e. The van der Waals surface area contributed by atoms with Gasteiger partial charge in [0.2, 0.25) is 5.91 Å². The van der Waals surface area contributed by atoms with Crippen LogP contribution >= 0.6 is 22.7 Å². The zero-order chi connectivity index (χ0) is 20.3. The lowest BCUT2D eigenvalue weighted by Crippen LogP contribution is -2.27. The van der Waals surface area contributed by atoms with Crippen LogP contribution in [0.15, 0.2) is 23.3 Å². The van der Waals surface area contributed by atoms with E-state index in [2.05, 4.69) is 10.3 Å². The predicted molar refractivity (Wildman–Crippen MR) is 112 cm³/mol. The number of hydrogen-bond donors (Lipinski definition) is 1. The number of aromatic nitrogens is 2. The summed E-state index contributed by atoms with van der Waals surface area (Å²) in [5, 5.41) is 3.70. The van der Waals surface area contributed by atoms with Crippen molar-refractivity contribution in [2.75, 3.05) is 11.9 Å². The van der Waals surface area contributed by atoms with Gasteiger partial charge in [-0.3, -0.25) is 14.2 Å². The maximum atomic E-state index is 12.6. The van der Waals surface area contributed by atoms with Gasteiger partial charge in [-0.25, -0.2) is 9.78 Å².